The van der Waals surface area contributed by atoms with Crippen LogP contribution in [0.2, 0.25) is 0 Å². The highest BCUT2D eigenvalue weighted by molar-refractivity contribution is 7.91. The van der Waals surface area contributed by atoms with E-state index in [9.17, 15) is 13.2 Å². The summed E-state index contributed by atoms with van der Waals surface area (Å²) in [7, 11) is -2.56. The smallest absolute Gasteiger partial charge is 0.305 e. The Morgan fingerprint density at radius 1 is 1.14 bits per heavy atom. The molecule has 0 amide bonds. The van der Waals surface area contributed by atoms with Crippen molar-refractivity contribution in [3.8, 4) is 28.6 Å². The van der Waals surface area contributed by atoms with Crippen LogP contribution in [0.25, 0.3) is 22.3 Å². The summed E-state index contributed by atoms with van der Waals surface area (Å²) in [5.74, 6) is -1.40. The lowest BCUT2D eigenvalue weighted by atomic mass is 9.81. The first kappa shape index (κ1) is 28.4. The Morgan fingerprint density at radius 2 is 1.95 bits per heavy atom. The minimum atomic E-state index is -3.91. The number of ether oxygens (including phenoxy) is 3. The van der Waals surface area contributed by atoms with E-state index in [4.69, 9.17) is 14.2 Å². The van der Waals surface area contributed by atoms with Gasteiger partial charge in [-0.1, -0.05) is 18.2 Å². The zero-order valence-electron chi connectivity index (χ0n) is 23.5. The summed E-state index contributed by atoms with van der Waals surface area (Å²) in [5, 5.41) is 0.276. The fourth-order valence-corrected chi connectivity index (χ4v) is 6.49. The van der Waals surface area contributed by atoms with Gasteiger partial charge in [0.15, 0.2) is 21.4 Å². The summed E-state index contributed by atoms with van der Waals surface area (Å²) in [5.41, 5.74) is 2.14. The van der Waals surface area contributed by atoms with Crippen LogP contribution in [0.5, 0.6) is 17.2 Å². The van der Waals surface area contributed by atoms with Gasteiger partial charge in [0.2, 0.25) is 0 Å². The third-order valence-corrected chi connectivity index (χ3v) is 8.84. The second-order valence-corrected chi connectivity index (χ2v) is 12.6. The number of hydrogen-bond donors (Lipinski definition) is 2. The Morgan fingerprint density at radius 3 is 2.72 bits per heavy atom. The number of methoxy groups -OCH3 is 1. The van der Waals surface area contributed by atoms with Gasteiger partial charge in [-0.05, 0) is 43.2 Å². The van der Waals surface area contributed by atoms with Crippen LogP contribution in [0, 0.1) is 11.6 Å². The molecule has 0 saturated carbocycles. The number of rotatable bonds is 8. The predicted molar refractivity (Wildman–Crippen MR) is 154 cm³/mol. The second kappa shape index (κ2) is 10.5. The molecule has 0 unspecified atom stereocenters. The number of aromatic amines is 2. The van der Waals surface area contributed by atoms with Gasteiger partial charge in [-0.15, -0.1) is 0 Å². The number of imidazole rings is 1. The first-order chi connectivity index (χ1) is 20.5. The summed E-state index contributed by atoms with van der Waals surface area (Å²) >= 11 is 0. The first-order valence-corrected chi connectivity index (χ1v) is 15.2. The maximum absolute atomic E-state index is 15.1. The Hall–Kier alpha value is -4.71. The zero-order chi connectivity index (χ0) is 30.5. The lowest BCUT2D eigenvalue weighted by Gasteiger charge is -2.21. The maximum atomic E-state index is 15.1. The number of aryl methyl sites for hydroxylation is 1. The summed E-state index contributed by atoms with van der Waals surface area (Å²) in [4.78, 5) is 21.8. The number of aromatic nitrogens is 3. The van der Waals surface area contributed by atoms with Crippen LogP contribution in [0.1, 0.15) is 30.2 Å². The van der Waals surface area contributed by atoms with Crippen molar-refractivity contribution in [3.05, 3.63) is 89.4 Å². The molecule has 0 radical (unpaired) electrons. The van der Waals surface area contributed by atoms with Gasteiger partial charge in [0.05, 0.1) is 18.1 Å². The molecule has 9 nitrogen and oxygen atoms in total. The number of nitrogens with zero attached hydrogens (tertiary/aromatic N) is 1. The highest BCUT2D eigenvalue weighted by Crippen LogP contribution is 2.45. The minimum Gasteiger partial charge on any atom is -0.492 e. The van der Waals surface area contributed by atoms with Gasteiger partial charge in [0.1, 0.15) is 34.6 Å². The van der Waals surface area contributed by atoms with Gasteiger partial charge >= 0.3 is 5.97 Å². The van der Waals surface area contributed by atoms with E-state index in [1.807, 2.05) is 25.1 Å². The van der Waals surface area contributed by atoms with Crippen LogP contribution in [-0.4, -0.2) is 49.3 Å². The Labute approximate surface area is 245 Å². The van der Waals surface area contributed by atoms with Crippen molar-refractivity contribution in [1.82, 2.24) is 15.0 Å². The number of fused-ring (bicyclic) bond motifs is 2. The highest BCUT2D eigenvalue weighted by Gasteiger charge is 2.40. The molecule has 3 aromatic carbocycles. The Kier molecular flexibility index (Phi) is 6.96. The quantitative estimate of drug-likeness (QED) is 0.213. The number of carbonyl (C=O) groups excluding carboxylic acids is 1. The molecule has 222 valence electrons. The zero-order valence-corrected chi connectivity index (χ0v) is 24.3. The number of esters is 1. The largest absolute Gasteiger partial charge is 0.492 e. The molecule has 2 aromatic heterocycles. The molecule has 0 saturated heterocycles. The summed E-state index contributed by atoms with van der Waals surface area (Å²) in [6.45, 7) is 2.27. The number of nitrogens with one attached hydrogen (secondary N) is 2. The lowest BCUT2D eigenvalue weighted by Crippen LogP contribution is -2.25. The molecule has 1 aliphatic rings. The van der Waals surface area contributed by atoms with Crippen molar-refractivity contribution >= 4 is 26.7 Å². The van der Waals surface area contributed by atoms with Crippen molar-refractivity contribution < 1.29 is 36.2 Å². The Bertz CT molecular complexity index is 2000. The number of sulfone groups is 1. The minimum absolute atomic E-state index is 0.0176. The van der Waals surface area contributed by atoms with Crippen molar-refractivity contribution in [1.29, 1.82) is 0 Å². The van der Waals surface area contributed by atoms with E-state index in [1.54, 1.807) is 6.20 Å². The van der Waals surface area contributed by atoms with E-state index in [0.717, 1.165) is 29.5 Å². The normalized spacial score (nSPS) is 16.2. The monoisotopic (exact) mass is 607 g/mol. The number of para-hydroxylation sites is 1. The predicted octanol–water partition coefficient (Wildman–Crippen LogP) is 5.84. The summed E-state index contributed by atoms with van der Waals surface area (Å²) < 4.78 is 72.1. The average Bonchev–Trinajstić information content (AvgIpc) is 3.72. The van der Waals surface area contributed by atoms with E-state index in [2.05, 4.69) is 15.0 Å². The van der Waals surface area contributed by atoms with E-state index in [-0.39, 0.29) is 39.8 Å². The lowest BCUT2D eigenvalue weighted by molar-refractivity contribution is -0.140. The third kappa shape index (κ3) is 5.01. The highest BCUT2D eigenvalue weighted by atomic mass is 32.2. The molecule has 6 rings (SSSR count). The molecule has 1 aliphatic heterocycles. The van der Waals surface area contributed by atoms with Crippen LogP contribution in [0.4, 0.5) is 8.78 Å². The molecule has 12 heteroatoms. The van der Waals surface area contributed by atoms with Gasteiger partial charge in [-0.3, -0.25) is 4.79 Å². The van der Waals surface area contributed by atoms with Gasteiger partial charge in [0.25, 0.3) is 0 Å². The molecular weight excluding hydrogens is 580 g/mol. The molecule has 43 heavy (non-hydrogen) atoms. The maximum Gasteiger partial charge on any atom is 0.305 e. The molecule has 0 spiro atoms. The average molecular weight is 608 g/mol. The summed E-state index contributed by atoms with van der Waals surface area (Å²) in [6.07, 6.45) is 4.74. The molecule has 2 N–H and O–H groups in total. The number of hydrogen-bond acceptors (Lipinski definition) is 7. The van der Waals surface area contributed by atoms with Crippen LogP contribution >= 0.6 is 0 Å². The molecule has 3 heterocycles. The van der Waals surface area contributed by atoms with E-state index < -0.39 is 32.6 Å². The van der Waals surface area contributed by atoms with Crippen molar-refractivity contribution in [3.63, 3.8) is 0 Å². The second-order valence-electron chi connectivity index (χ2n) is 10.6. The fourth-order valence-electron chi connectivity index (χ4n) is 5.43. The number of halogens is 2. The first-order valence-electron chi connectivity index (χ1n) is 13.3. The molecule has 0 aliphatic carbocycles. The molecule has 0 fully saturated rings. The number of carbonyl (C=O) groups is 1. The van der Waals surface area contributed by atoms with E-state index in [1.165, 1.54) is 31.5 Å². The topological polar surface area (TPSA) is 123 Å². The number of H-pyrrole nitrogens is 2. The van der Waals surface area contributed by atoms with Crippen molar-refractivity contribution in [2.75, 3.05) is 20.0 Å². The molecule has 0 bridgehead atoms. The SMILES string of the molecule is COC(=O)CCc1cccc2c1OC[C@@]2(C)c1cnc(-c2cc(Oc3c(F)cc4[nH]ccc4c3S(C)(=O)=O)ccc2F)[nH]1. The molecular formula is C31H27F2N3O6S. The molecule has 5 aromatic rings. The molecule has 1 atom stereocenters. The van der Waals surface area contributed by atoms with Gasteiger partial charge in [0, 0.05) is 53.3 Å². The van der Waals surface area contributed by atoms with Crippen LogP contribution < -0.4 is 9.47 Å². The summed E-state index contributed by atoms with van der Waals surface area (Å²) in [6, 6.07) is 12.2. The van der Waals surface area contributed by atoms with Crippen LogP contribution in [0.3, 0.4) is 0 Å². The van der Waals surface area contributed by atoms with E-state index in [0.29, 0.717) is 30.0 Å². The Balaban J connectivity index is 1.33. The van der Waals surface area contributed by atoms with Crippen LogP contribution in [0.15, 0.2) is 65.8 Å². The van der Waals surface area contributed by atoms with Crippen LogP contribution in [-0.2, 0) is 31.2 Å². The van der Waals surface area contributed by atoms with Gasteiger partial charge in [-0.25, -0.2) is 22.2 Å². The standard InChI is InChI=1S/C31H27F2N3O6S/c1-31(16-41-27-17(5-4-6-21(27)31)7-10-26(37)40-2)25-15-35-30(36-25)20-13-18(8-9-22(20)32)42-28-23(33)14-24-19(11-12-34-24)29(28)43(3,38)39/h4-6,8-9,11-15,34H,7,10,16H2,1-3H3,(H,35,36)/t31-/m1/s1. The van der Waals surface area contributed by atoms with Crippen molar-refractivity contribution in [2.24, 2.45) is 0 Å². The van der Waals surface area contributed by atoms with Crippen molar-refractivity contribution in [2.45, 2.75) is 30.1 Å². The van der Waals surface area contributed by atoms with E-state index >= 15 is 8.78 Å². The van der Waals surface area contributed by atoms with Gasteiger partial charge in [-0.2, -0.15) is 0 Å². The van der Waals surface area contributed by atoms with Gasteiger partial charge < -0.3 is 24.2 Å². The third-order valence-electron chi connectivity index (χ3n) is 7.69. The fraction of sp³-hybridized carbons (Fsp3) is 0.226. The number of benzene rings is 3.